The molecule has 1 atom stereocenters. The number of aromatic hydroxyl groups is 1. The first-order chi connectivity index (χ1) is 17.4. The normalized spacial score (nSPS) is 14.6. The summed E-state index contributed by atoms with van der Waals surface area (Å²) in [5, 5.41) is 16.6. The molecule has 1 aliphatic rings. The van der Waals surface area contributed by atoms with Crippen LogP contribution in [0, 0.1) is 13.8 Å². The predicted molar refractivity (Wildman–Crippen MR) is 138 cm³/mol. The van der Waals surface area contributed by atoms with E-state index in [1.165, 1.54) is 11.1 Å². The Morgan fingerprint density at radius 3 is 2.56 bits per heavy atom. The van der Waals surface area contributed by atoms with E-state index < -0.39 is 11.9 Å². The zero-order valence-corrected chi connectivity index (χ0v) is 20.9. The van der Waals surface area contributed by atoms with Crippen molar-refractivity contribution in [3.8, 4) is 17.2 Å². The van der Waals surface area contributed by atoms with Crippen molar-refractivity contribution in [1.82, 2.24) is 5.32 Å². The fourth-order valence-corrected chi connectivity index (χ4v) is 4.65. The number of hydrogen-bond donors (Lipinski definition) is 3. The van der Waals surface area contributed by atoms with Crippen LogP contribution in [0.25, 0.3) is 0 Å². The Morgan fingerprint density at radius 2 is 1.81 bits per heavy atom. The minimum absolute atomic E-state index is 0.134. The Kier molecular flexibility index (Phi) is 7.90. The van der Waals surface area contributed by atoms with Gasteiger partial charge in [-0.25, -0.2) is 4.79 Å². The molecule has 0 spiro atoms. The zero-order valence-electron chi connectivity index (χ0n) is 20.9. The molecule has 188 valence electrons. The molecule has 1 amide bonds. The summed E-state index contributed by atoms with van der Waals surface area (Å²) in [6, 6.07) is 17.5. The number of benzene rings is 3. The fourth-order valence-electron chi connectivity index (χ4n) is 4.65. The van der Waals surface area contributed by atoms with Gasteiger partial charge in [-0.3, -0.25) is 4.79 Å². The van der Waals surface area contributed by atoms with Crippen LogP contribution in [0.3, 0.4) is 0 Å². The molecule has 1 unspecified atom stereocenters. The Bertz CT molecular complexity index is 1250. The SMILES string of the molecule is CCOC(=O)C(=O)Nc1cc(C)c(Oc2ccc(O)c(CNC3CCCc4ccccc43)c2)c(C)c1. The van der Waals surface area contributed by atoms with Crippen LogP contribution < -0.4 is 15.4 Å². The standard InChI is InChI=1S/C29H32N2O5/c1-4-35-29(34)28(33)31-22-14-18(2)27(19(3)15-22)36-23-12-13-26(32)21(16-23)17-30-25-11-7-9-20-8-5-6-10-24(20)25/h5-6,8,10,12-16,25,30,32H,4,7,9,11,17H2,1-3H3,(H,31,33). The van der Waals surface area contributed by atoms with Gasteiger partial charge in [-0.05, 0) is 92.6 Å². The van der Waals surface area contributed by atoms with Gasteiger partial charge in [-0.2, -0.15) is 0 Å². The summed E-state index contributed by atoms with van der Waals surface area (Å²) in [4.78, 5) is 23.6. The quantitative estimate of drug-likeness (QED) is 0.301. The summed E-state index contributed by atoms with van der Waals surface area (Å²) in [5.74, 6) is -0.279. The van der Waals surface area contributed by atoms with Crippen LogP contribution in [-0.4, -0.2) is 23.6 Å². The summed E-state index contributed by atoms with van der Waals surface area (Å²) >= 11 is 0. The van der Waals surface area contributed by atoms with Crippen LogP contribution in [-0.2, 0) is 27.3 Å². The number of phenolic OH excluding ortho intramolecular Hbond substituents is 1. The highest BCUT2D eigenvalue weighted by Gasteiger charge is 2.20. The molecule has 0 aliphatic heterocycles. The molecule has 1 aliphatic carbocycles. The second-order valence-corrected chi connectivity index (χ2v) is 9.03. The maximum absolute atomic E-state index is 12.0. The number of nitrogens with one attached hydrogen (secondary N) is 2. The van der Waals surface area contributed by atoms with Gasteiger partial charge in [0.1, 0.15) is 17.2 Å². The molecule has 0 fully saturated rings. The topological polar surface area (TPSA) is 96.9 Å². The molecular formula is C29H32N2O5. The summed E-state index contributed by atoms with van der Waals surface area (Å²) in [5.41, 5.74) is 5.54. The largest absolute Gasteiger partial charge is 0.508 e. The molecule has 0 heterocycles. The van der Waals surface area contributed by atoms with Crippen molar-refractivity contribution >= 4 is 17.6 Å². The van der Waals surface area contributed by atoms with Crippen molar-refractivity contribution < 1.29 is 24.2 Å². The number of aryl methyl sites for hydroxylation is 3. The van der Waals surface area contributed by atoms with Crippen LogP contribution in [0.1, 0.15) is 53.6 Å². The number of amides is 1. The smallest absolute Gasteiger partial charge is 0.397 e. The third-order valence-electron chi connectivity index (χ3n) is 6.36. The number of anilines is 1. The molecule has 0 saturated carbocycles. The van der Waals surface area contributed by atoms with Crippen molar-refractivity contribution in [2.75, 3.05) is 11.9 Å². The van der Waals surface area contributed by atoms with Gasteiger partial charge >= 0.3 is 11.9 Å². The second-order valence-electron chi connectivity index (χ2n) is 9.03. The van der Waals surface area contributed by atoms with Crippen LogP contribution in [0.5, 0.6) is 17.2 Å². The lowest BCUT2D eigenvalue weighted by molar-refractivity contribution is -0.152. The number of esters is 1. The van der Waals surface area contributed by atoms with Gasteiger partial charge in [-0.15, -0.1) is 0 Å². The van der Waals surface area contributed by atoms with Gasteiger partial charge < -0.3 is 25.2 Å². The van der Waals surface area contributed by atoms with E-state index in [9.17, 15) is 14.7 Å². The maximum Gasteiger partial charge on any atom is 0.397 e. The van der Waals surface area contributed by atoms with Crippen molar-refractivity contribution in [3.63, 3.8) is 0 Å². The molecule has 36 heavy (non-hydrogen) atoms. The number of fused-ring (bicyclic) bond motifs is 1. The molecule has 3 aromatic rings. The van der Waals surface area contributed by atoms with E-state index in [4.69, 9.17) is 9.47 Å². The molecule has 3 aromatic carbocycles. The van der Waals surface area contributed by atoms with Crippen LogP contribution in [0.15, 0.2) is 54.6 Å². The Hall–Kier alpha value is -3.84. The maximum atomic E-state index is 12.0. The molecule has 0 radical (unpaired) electrons. The summed E-state index contributed by atoms with van der Waals surface area (Å²) in [6.07, 6.45) is 3.30. The average Bonchev–Trinajstić information content (AvgIpc) is 2.86. The summed E-state index contributed by atoms with van der Waals surface area (Å²) in [6.45, 7) is 6.02. The highest BCUT2D eigenvalue weighted by Crippen LogP contribution is 2.34. The van der Waals surface area contributed by atoms with Crippen molar-refractivity contribution in [3.05, 3.63) is 82.4 Å². The van der Waals surface area contributed by atoms with Gasteiger partial charge in [0.05, 0.1) is 6.61 Å². The number of carbonyl (C=O) groups excluding carboxylic acids is 2. The number of carbonyl (C=O) groups is 2. The van der Waals surface area contributed by atoms with Gasteiger partial charge in [0, 0.05) is 23.8 Å². The van der Waals surface area contributed by atoms with E-state index in [1.54, 1.807) is 31.2 Å². The molecule has 0 aromatic heterocycles. The fraction of sp³-hybridized carbons (Fsp3) is 0.310. The van der Waals surface area contributed by atoms with E-state index in [0.29, 0.717) is 23.7 Å². The molecule has 0 bridgehead atoms. The summed E-state index contributed by atoms with van der Waals surface area (Å²) < 4.78 is 10.9. The van der Waals surface area contributed by atoms with Gasteiger partial charge in [0.15, 0.2) is 0 Å². The molecule has 7 nitrogen and oxygen atoms in total. The number of rotatable bonds is 7. The van der Waals surface area contributed by atoms with E-state index in [2.05, 4.69) is 34.9 Å². The lowest BCUT2D eigenvalue weighted by atomic mass is 9.87. The Morgan fingerprint density at radius 1 is 1.06 bits per heavy atom. The number of phenols is 1. The second kappa shape index (κ2) is 11.3. The van der Waals surface area contributed by atoms with Crippen molar-refractivity contribution in [1.29, 1.82) is 0 Å². The third kappa shape index (κ3) is 5.86. The predicted octanol–water partition coefficient (Wildman–Crippen LogP) is 5.47. The minimum atomic E-state index is -0.921. The van der Waals surface area contributed by atoms with Gasteiger partial charge in [0.25, 0.3) is 0 Å². The Labute approximate surface area is 211 Å². The first kappa shape index (κ1) is 25.3. The van der Waals surface area contributed by atoms with E-state index in [-0.39, 0.29) is 18.4 Å². The van der Waals surface area contributed by atoms with Crippen molar-refractivity contribution in [2.45, 2.75) is 52.6 Å². The number of ether oxygens (including phenoxy) is 2. The lowest BCUT2D eigenvalue weighted by Gasteiger charge is -2.26. The summed E-state index contributed by atoms with van der Waals surface area (Å²) in [7, 11) is 0. The highest BCUT2D eigenvalue weighted by atomic mass is 16.5. The highest BCUT2D eigenvalue weighted by molar-refractivity contribution is 6.37. The first-order valence-electron chi connectivity index (χ1n) is 12.3. The van der Waals surface area contributed by atoms with Crippen LogP contribution in [0.4, 0.5) is 5.69 Å². The molecule has 0 saturated heterocycles. The third-order valence-corrected chi connectivity index (χ3v) is 6.36. The van der Waals surface area contributed by atoms with E-state index >= 15 is 0 Å². The first-order valence-corrected chi connectivity index (χ1v) is 12.3. The van der Waals surface area contributed by atoms with Gasteiger partial charge in [-0.1, -0.05) is 24.3 Å². The molecule has 3 N–H and O–H groups in total. The number of hydrogen-bond acceptors (Lipinski definition) is 6. The lowest BCUT2D eigenvalue weighted by Crippen LogP contribution is -2.25. The van der Waals surface area contributed by atoms with Crippen molar-refractivity contribution in [2.24, 2.45) is 0 Å². The minimum Gasteiger partial charge on any atom is -0.508 e. The zero-order chi connectivity index (χ0) is 25.7. The average molecular weight is 489 g/mol. The molecule has 7 heteroatoms. The molecule has 4 rings (SSSR count). The van der Waals surface area contributed by atoms with E-state index in [0.717, 1.165) is 36.0 Å². The Balaban J connectivity index is 1.46. The van der Waals surface area contributed by atoms with Crippen LogP contribution >= 0.6 is 0 Å². The molecular weight excluding hydrogens is 456 g/mol. The van der Waals surface area contributed by atoms with Crippen LogP contribution in [0.2, 0.25) is 0 Å². The van der Waals surface area contributed by atoms with Gasteiger partial charge in [0.2, 0.25) is 0 Å². The monoisotopic (exact) mass is 488 g/mol. The van der Waals surface area contributed by atoms with E-state index in [1.807, 2.05) is 19.9 Å².